The van der Waals surface area contributed by atoms with Crippen LogP contribution in [0.25, 0.3) is 22.2 Å². The molecule has 2 heterocycles. The highest BCUT2D eigenvalue weighted by atomic mass is 16.5. The highest BCUT2D eigenvalue weighted by Gasteiger charge is 2.08. The van der Waals surface area contributed by atoms with Crippen LogP contribution < -0.4 is 4.74 Å². The molecule has 0 fully saturated rings. The van der Waals surface area contributed by atoms with Gasteiger partial charge in [-0.2, -0.15) is 0 Å². The second-order valence-electron chi connectivity index (χ2n) is 5.41. The molecule has 24 heavy (non-hydrogen) atoms. The van der Waals surface area contributed by atoms with Crippen LogP contribution in [-0.2, 0) is 6.61 Å². The van der Waals surface area contributed by atoms with Gasteiger partial charge in [0, 0.05) is 23.3 Å². The monoisotopic (exact) mass is 313 g/mol. The third-order valence-electron chi connectivity index (χ3n) is 3.81. The summed E-state index contributed by atoms with van der Waals surface area (Å²) in [7, 11) is 0. The predicted molar refractivity (Wildman–Crippen MR) is 93.5 cm³/mol. The van der Waals surface area contributed by atoms with Crippen LogP contribution in [0, 0.1) is 0 Å². The summed E-state index contributed by atoms with van der Waals surface area (Å²) in [5, 5.41) is 0.967. The number of rotatable bonds is 4. The Morgan fingerprint density at radius 2 is 1.67 bits per heavy atom. The first kappa shape index (κ1) is 14.3. The van der Waals surface area contributed by atoms with Gasteiger partial charge < -0.3 is 4.74 Å². The number of nitrogens with zero attached hydrogens (tertiary/aromatic N) is 3. The van der Waals surface area contributed by atoms with Crippen molar-refractivity contribution >= 4 is 10.9 Å². The smallest absolute Gasteiger partial charge is 0.120 e. The highest BCUT2D eigenvalue weighted by molar-refractivity contribution is 5.92. The zero-order valence-electron chi connectivity index (χ0n) is 13.0. The molecule has 4 aromatic rings. The molecule has 0 amide bonds. The molecule has 0 saturated heterocycles. The molecule has 2 aromatic heterocycles. The van der Waals surface area contributed by atoms with Crippen LogP contribution in [-0.4, -0.2) is 15.0 Å². The van der Waals surface area contributed by atoms with Crippen molar-refractivity contribution in [3.05, 3.63) is 84.9 Å². The van der Waals surface area contributed by atoms with Gasteiger partial charge >= 0.3 is 0 Å². The maximum absolute atomic E-state index is 5.92. The SMILES string of the molecule is c1ccc(COc2ccc3ncnc(-c4ccncc4)c3c2)cc1. The summed E-state index contributed by atoms with van der Waals surface area (Å²) in [5.74, 6) is 0.802. The molecule has 0 aliphatic rings. The maximum Gasteiger partial charge on any atom is 0.120 e. The van der Waals surface area contributed by atoms with Gasteiger partial charge in [-0.3, -0.25) is 4.98 Å². The van der Waals surface area contributed by atoms with E-state index in [1.54, 1.807) is 18.7 Å². The van der Waals surface area contributed by atoms with E-state index < -0.39 is 0 Å². The van der Waals surface area contributed by atoms with Gasteiger partial charge in [0.25, 0.3) is 0 Å². The quantitative estimate of drug-likeness (QED) is 0.564. The van der Waals surface area contributed by atoms with Gasteiger partial charge in [0.2, 0.25) is 0 Å². The normalized spacial score (nSPS) is 10.7. The van der Waals surface area contributed by atoms with Crippen molar-refractivity contribution < 1.29 is 4.74 Å². The average molecular weight is 313 g/mol. The van der Waals surface area contributed by atoms with E-state index in [4.69, 9.17) is 4.74 Å². The van der Waals surface area contributed by atoms with Crippen molar-refractivity contribution in [2.24, 2.45) is 0 Å². The lowest BCUT2D eigenvalue weighted by atomic mass is 10.1. The van der Waals surface area contributed by atoms with Gasteiger partial charge in [0.15, 0.2) is 0 Å². The van der Waals surface area contributed by atoms with Crippen molar-refractivity contribution in [1.82, 2.24) is 15.0 Å². The van der Waals surface area contributed by atoms with E-state index in [1.807, 2.05) is 60.7 Å². The molecule has 0 saturated carbocycles. The lowest BCUT2D eigenvalue weighted by molar-refractivity contribution is 0.306. The zero-order valence-corrected chi connectivity index (χ0v) is 13.0. The Labute approximate surface area is 139 Å². The van der Waals surface area contributed by atoms with E-state index in [0.29, 0.717) is 6.61 Å². The molecule has 2 aromatic carbocycles. The highest BCUT2D eigenvalue weighted by Crippen LogP contribution is 2.28. The summed E-state index contributed by atoms with van der Waals surface area (Å²) in [4.78, 5) is 12.8. The van der Waals surface area contributed by atoms with E-state index in [0.717, 1.165) is 33.5 Å². The second-order valence-corrected chi connectivity index (χ2v) is 5.41. The number of pyridine rings is 1. The first-order valence-corrected chi connectivity index (χ1v) is 7.72. The molecular weight excluding hydrogens is 298 g/mol. The van der Waals surface area contributed by atoms with Crippen molar-refractivity contribution in [1.29, 1.82) is 0 Å². The minimum atomic E-state index is 0.532. The maximum atomic E-state index is 5.92. The van der Waals surface area contributed by atoms with Crippen LogP contribution in [0.15, 0.2) is 79.4 Å². The van der Waals surface area contributed by atoms with E-state index in [2.05, 4.69) is 15.0 Å². The Morgan fingerprint density at radius 3 is 2.50 bits per heavy atom. The Bertz CT molecular complexity index is 956. The van der Waals surface area contributed by atoms with E-state index in [1.165, 1.54) is 0 Å². The number of hydrogen-bond acceptors (Lipinski definition) is 4. The van der Waals surface area contributed by atoms with Crippen molar-refractivity contribution in [2.45, 2.75) is 6.61 Å². The van der Waals surface area contributed by atoms with E-state index in [-0.39, 0.29) is 0 Å². The van der Waals surface area contributed by atoms with Gasteiger partial charge in [-0.05, 0) is 35.9 Å². The Hall–Kier alpha value is -3.27. The van der Waals surface area contributed by atoms with Gasteiger partial charge in [0.05, 0.1) is 11.2 Å². The van der Waals surface area contributed by atoms with Gasteiger partial charge in [-0.1, -0.05) is 30.3 Å². The second kappa shape index (κ2) is 6.46. The molecule has 4 nitrogen and oxygen atoms in total. The third kappa shape index (κ3) is 2.94. The minimum absolute atomic E-state index is 0.532. The number of benzene rings is 2. The molecule has 4 heteroatoms. The van der Waals surface area contributed by atoms with Gasteiger partial charge in [-0.25, -0.2) is 9.97 Å². The summed E-state index contributed by atoms with van der Waals surface area (Å²) in [5.41, 5.74) is 3.92. The molecule has 0 radical (unpaired) electrons. The summed E-state index contributed by atoms with van der Waals surface area (Å²) < 4.78 is 5.92. The van der Waals surface area contributed by atoms with E-state index >= 15 is 0 Å². The summed E-state index contributed by atoms with van der Waals surface area (Å²) >= 11 is 0. The molecule has 0 aliphatic heterocycles. The van der Waals surface area contributed by atoms with Crippen molar-refractivity contribution in [3.63, 3.8) is 0 Å². The van der Waals surface area contributed by atoms with Gasteiger partial charge in [0.1, 0.15) is 18.7 Å². The van der Waals surface area contributed by atoms with Crippen LogP contribution in [0.5, 0.6) is 5.75 Å². The lowest BCUT2D eigenvalue weighted by Crippen LogP contribution is -1.96. The molecule has 0 unspecified atom stereocenters. The van der Waals surface area contributed by atoms with Gasteiger partial charge in [-0.15, -0.1) is 0 Å². The Kier molecular flexibility index (Phi) is 3.86. The molecule has 116 valence electrons. The molecule has 4 rings (SSSR count). The summed E-state index contributed by atoms with van der Waals surface area (Å²) in [6.45, 7) is 0.532. The molecular formula is C20H15N3O. The van der Waals surface area contributed by atoms with Crippen LogP contribution in [0.4, 0.5) is 0 Å². The fraction of sp³-hybridized carbons (Fsp3) is 0.0500. The fourth-order valence-corrected chi connectivity index (χ4v) is 2.61. The average Bonchev–Trinajstić information content (AvgIpc) is 2.67. The van der Waals surface area contributed by atoms with Crippen LogP contribution in [0.3, 0.4) is 0 Å². The molecule has 0 bridgehead atoms. The third-order valence-corrected chi connectivity index (χ3v) is 3.81. The fourth-order valence-electron chi connectivity index (χ4n) is 2.61. The molecule has 0 spiro atoms. The number of aromatic nitrogens is 3. The largest absolute Gasteiger partial charge is 0.489 e. The van der Waals surface area contributed by atoms with Crippen LogP contribution in [0.1, 0.15) is 5.56 Å². The van der Waals surface area contributed by atoms with Crippen LogP contribution in [0.2, 0.25) is 0 Å². The summed E-state index contributed by atoms with van der Waals surface area (Å²) in [6.07, 6.45) is 5.11. The Morgan fingerprint density at radius 1 is 0.833 bits per heavy atom. The summed E-state index contributed by atoms with van der Waals surface area (Å²) in [6, 6.07) is 19.9. The first-order chi connectivity index (χ1) is 11.9. The first-order valence-electron chi connectivity index (χ1n) is 7.72. The van der Waals surface area contributed by atoms with Crippen molar-refractivity contribution in [3.8, 4) is 17.0 Å². The molecule has 0 N–H and O–H groups in total. The topological polar surface area (TPSA) is 47.9 Å². The molecule has 0 atom stereocenters. The molecule has 0 aliphatic carbocycles. The van der Waals surface area contributed by atoms with Crippen molar-refractivity contribution in [2.75, 3.05) is 0 Å². The number of fused-ring (bicyclic) bond motifs is 1. The Balaban J connectivity index is 1.69. The minimum Gasteiger partial charge on any atom is -0.489 e. The lowest BCUT2D eigenvalue weighted by Gasteiger charge is -2.09. The standard InChI is InChI=1S/C20H15N3O/c1-2-4-15(5-3-1)13-24-17-6-7-19-18(12-17)20(23-14-22-19)16-8-10-21-11-9-16/h1-12,14H,13H2. The predicted octanol–water partition coefficient (Wildman–Crippen LogP) is 4.27. The van der Waals surface area contributed by atoms with E-state index in [9.17, 15) is 0 Å². The van der Waals surface area contributed by atoms with Crippen LogP contribution >= 0.6 is 0 Å². The number of hydrogen-bond donors (Lipinski definition) is 0. The zero-order chi connectivity index (χ0) is 16.2. The number of ether oxygens (including phenoxy) is 1.